The molecule has 2 unspecified atom stereocenters. The average Bonchev–Trinajstić information content (AvgIpc) is 3.51. The molecule has 204 valence electrons. The summed E-state index contributed by atoms with van der Waals surface area (Å²) in [4.78, 5) is 31.5. The molecule has 0 saturated carbocycles. The van der Waals surface area contributed by atoms with Crippen LogP contribution in [0.3, 0.4) is 0 Å². The molecule has 0 aromatic heterocycles. The van der Waals surface area contributed by atoms with Crippen LogP contribution < -0.4 is 10.2 Å². The van der Waals surface area contributed by atoms with Crippen LogP contribution in [0.15, 0.2) is 42.5 Å². The normalized spacial score (nSPS) is 21.5. The highest BCUT2D eigenvalue weighted by Crippen LogP contribution is 2.35. The van der Waals surface area contributed by atoms with Crippen LogP contribution in [0.5, 0.6) is 0 Å². The summed E-state index contributed by atoms with van der Waals surface area (Å²) >= 11 is 6.12. The van der Waals surface area contributed by atoms with Crippen molar-refractivity contribution in [2.24, 2.45) is 11.8 Å². The zero-order valence-electron chi connectivity index (χ0n) is 21.7. The lowest BCUT2D eigenvalue weighted by Crippen LogP contribution is -2.38. The molecule has 2 aromatic rings. The second-order valence-electron chi connectivity index (χ2n) is 10.6. The summed E-state index contributed by atoms with van der Waals surface area (Å²) in [5.74, 6) is -0.0462. The van der Waals surface area contributed by atoms with E-state index in [1.165, 1.54) is 23.4 Å². The second-order valence-corrected chi connectivity index (χ2v) is 11.0. The number of benzene rings is 2. The molecule has 1 N–H and O–H groups in total. The van der Waals surface area contributed by atoms with Gasteiger partial charge < -0.3 is 19.9 Å². The maximum Gasteiger partial charge on any atom is 0.258 e. The van der Waals surface area contributed by atoms with Crippen LogP contribution in [-0.4, -0.2) is 87.2 Å². The van der Waals surface area contributed by atoms with Gasteiger partial charge in [-0.1, -0.05) is 29.8 Å². The third-order valence-corrected chi connectivity index (χ3v) is 8.26. The number of fused-ring (bicyclic) bond motifs is 1. The summed E-state index contributed by atoms with van der Waals surface area (Å²) in [5, 5.41) is 3.21. The summed E-state index contributed by atoms with van der Waals surface area (Å²) in [6.07, 6.45) is 2.33. The molecule has 7 nitrogen and oxygen atoms in total. The molecule has 0 radical (unpaired) electrons. The molecule has 2 atom stereocenters. The molecular formula is C29H36ClFN4O3. The molecule has 3 aliphatic rings. The molecule has 0 spiro atoms. The zero-order chi connectivity index (χ0) is 26.5. The standard InChI is InChI=1S/C29H36ClFN4O3/c30-25-7-2-8-26(31)28(25)29(37)35-19-22-17-34(18-23(22)20-35)24-6-1-4-21(16-24)5-3-10-32-27(36)9-11-33-12-14-38-15-13-33/h1-2,4,6-8,16,22-23H,3,5,9-15,17-20H2,(H,32,36). The second kappa shape index (κ2) is 12.5. The molecule has 3 heterocycles. The summed E-state index contributed by atoms with van der Waals surface area (Å²) < 4.78 is 19.6. The lowest BCUT2D eigenvalue weighted by molar-refractivity contribution is -0.121. The molecule has 2 aromatic carbocycles. The number of nitrogens with one attached hydrogen (secondary N) is 1. The van der Waals surface area contributed by atoms with E-state index in [2.05, 4.69) is 39.4 Å². The Labute approximate surface area is 228 Å². The molecule has 3 aliphatic heterocycles. The first-order valence-electron chi connectivity index (χ1n) is 13.6. The Hall–Kier alpha value is -2.68. The predicted octanol–water partition coefficient (Wildman–Crippen LogP) is 3.46. The number of ether oxygens (including phenoxy) is 1. The summed E-state index contributed by atoms with van der Waals surface area (Å²) in [7, 11) is 0. The number of carbonyl (C=O) groups is 2. The lowest BCUT2D eigenvalue weighted by atomic mass is 10.0. The largest absolute Gasteiger partial charge is 0.379 e. The number of hydrogen-bond acceptors (Lipinski definition) is 5. The Bertz CT molecular complexity index is 1110. The van der Waals surface area contributed by atoms with Crippen LogP contribution in [-0.2, 0) is 16.0 Å². The van der Waals surface area contributed by atoms with Crippen molar-refractivity contribution in [3.8, 4) is 0 Å². The van der Waals surface area contributed by atoms with Crippen molar-refractivity contribution in [2.75, 3.05) is 70.5 Å². The molecule has 3 saturated heterocycles. The van der Waals surface area contributed by atoms with Gasteiger partial charge in [-0.3, -0.25) is 14.5 Å². The molecule has 0 bridgehead atoms. The maximum absolute atomic E-state index is 14.3. The first-order valence-corrected chi connectivity index (χ1v) is 14.0. The van der Waals surface area contributed by atoms with Crippen LogP contribution >= 0.6 is 11.6 Å². The van der Waals surface area contributed by atoms with E-state index in [0.717, 1.165) is 58.8 Å². The first kappa shape index (κ1) is 26.9. The third-order valence-electron chi connectivity index (χ3n) is 7.95. The van der Waals surface area contributed by atoms with Gasteiger partial charge in [-0.05, 0) is 42.7 Å². The third kappa shape index (κ3) is 6.47. The van der Waals surface area contributed by atoms with Crippen LogP contribution in [0.2, 0.25) is 5.02 Å². The number of hydrogen-bond donors (Lipinski definition) is 1. The topological polar surface area (TPSA) is 65.1 Å². The van der Waals surface area contributed by atoms with Crippen molar-refractivity contribution in [2.45, 2.75) is 19.3 Å². The van der Waals surface area contributed by atoms with Crippen LogP contribution in [0.4, 0.5) is 10.1 Å². The fourth-order valence-electron chi connectivity index (χ4n) is 5.83. The van der Waals surface area contributed by atoms with Gasteiger partial charge in [0.15, 0.2) is 0 Å². The Morgan fingerprint density at radius 1 is 1.03 bits per heavy atom. The summed E-state index contributed by atoms with van der Waals surface area (Å²) in [6, 6.07) is 13.0. The van der Waals surface area contributed by atoms with Crippen LogP contribution in [0, 0.1) is 17.7 Å². The minimum absolute atomic E-state index is 0.0213. The minimum Gasteiger partial charge on any atom is -0.379 e. The van der Waals surface area contributed by atoms with Gasteiger partial charge in [-0.25, -0.2) is 4.39 Å². The van der Waals surface area contributed by atoms with Crippen molar-refractivity contribution >= 4 is 29.1 Å². The lowest BCUT2D eigenvalue weighted by Gasteiger charge is -2.26. The fourth-order valence-corrected chi connectivity index (χ4v) is 6.08. The number of morpholine rings is 1. The quantitative estimate of drug-likeness (QED) is 0.492. The number of nitrogens with zero attached hydrogens (tertiary/aromatic N) is 3. The highest BCUT2D eigenvalue weighted by Gasteiger charge is 2.42. The average molecular weight is 543 g/mol. The SMILES string of the molecule is O=C(CCN1CCOCC1)NCCCc1cccc(N2CC3CN(C(=O)c4c(F)cccc4Cl)CC3C2)c1. The molecule has 3 fully saturated rings. The number of aryl methyl sites for hydroxylation is 1. The van der Waals surface area contributed by atoms with Crippen LogP contribution in [0.25, 0.3) is 0 Å². The van der Waals surface area contributed by atoms with Crippen molar-refractivity contribution < 1.29 is 18.7 Å². The molecule has 9 heteroatoms. The Kier molecular flexibility index (Phi) is 8.82. The molecule has 0 aliphatic carbocycles. The van der Waals surface area contributed by atoms with Crippen molar-refractivity contribution in [3.05, 3.63) is 64.4 Å². The van der Waals surface area contributed by atoms with E-state index in [9.17, 15) is 14.0 Å². The number of amides is 2. The van der Waals surface area contributed by atoms with Crippen LogP contribution in [0.1, 0.15) is 28.8 Å². The number of halogens is 2. The number of carbonyl (C=O) groups excluding carboxylic acids is 2. The van der Waals surface area contributed by atoms with Gasteiger partial charge in [0.25, 0.3) is 5.91 Å². The van der Waals surface area contributed by atoms with Gasteiger partial charge in [0.1, 0.15) is 5.82 Å². The minimum atomic E-state index is -0.564. The van der Waals surface area contributed by atoms with Gasteiger partial charge in [0.2, 0.25) is 5.91 Å². The Morgan fingerprint density at radius 2 is 1.76 bits per heavy atom. The van der Waals surface area contributed by atoms with E-state index < -0.39 is 5.82 Å². The van der Waals surface area contributed by atoms with Crippen molar-refractivity contribution in [1.82, 2.24) is 15.1 Å². The van der Waals surface area contributed by atoms with E-state index in [1.807, 2.05) is 0 Å². The zero-order valence-corrected chi connectivity index (χ0v) is 22.5. The fraction of sp³-hybridized carbons (Fsp3) is 0.517. The highest BCUT2D eigenvalue weighted by atomic mass is 35.5. The monoisotopic (exact) mass is 542 g/mol. The summed E-state index contributed by atoms with van der Waals surface area (Å²) in [6.45, 7) is 7.77. The Morgan fingerprint density at radius 3 is 2.50 bits per heavy atom. The Balaban J connectivity index is 1.06. The predicted molar refractivity (Wildman–Crippen MR) is 146 cm³/mol. The molecule has 38 heavy (non-hydrogen) atoms. The molecule has 2 amide bonds. The number of anilines is 1. The van der Waals surface area contributed by atoms with Crippen molar-refractivity contribution in [3.63, 3.8) is 0 Å². The van der Waals surface area contributed by atoms with Crippen molar-refractivity contribution in [1.29, 1.82) is 0 Å². The maximum atomic E-state index is 14.3. The van der Waals surface area contributed by atoms with E-state index in [-0.39, 0.29) is 22.4 Å². The number of likely N-dealkylation sites (tertiary alicyclic amines) is 1. The first-order chi connectivity index (χ1) is 18.5. The van der Waals surface area contributed by atoms with Gasteiger partial charge >= 0.3 is 0 Å². The van der Waals surface area contributed by atoms with E-state index in [1.54, 1.807) is 11.0 Å². The highest BCUT2D eigenvalue weighted by molar-refractivity contribution is 6.33. The van der Waals surface area contributed by atoms with Gasteiger partial charge in [-0.15, -0.1) is 0 Å². The number of rotatable bonds is 9. The van der Waals surface area contributed by atoms with Gasteiger partial charge in [0, 0.05) is 76.3 Å². The van der Waals surface area contributed by atoms with E-state index >= 15 is 0 Å². The van der Waals surface area contributed by atoms with E-state index in [4.69, 9.17) is 16.3 Å². The summed E-state index contributed by atoms with van der Waals surface area (Å²) in [5.41, 5.74) is 2.43. The molecular weight excluding hydrogens is 507 g/mol. The van der Waals surface area contributed by atoms with Gasteiger partial charge in [0.05, 0.1) is 23.8 Å². The van der Waals surface area contributed by atoms with E-state index in [0.29, 0.717) is 37.9 Å². The smallest absolute Gasteiger partial charge is 0.258 e. The molecule has 5 rings (SSSR count). The van der Waals surface area contributed by atoms with Gasteiger partial charge in [-0.2, -0.15) is 0 Å².